The number of likely N-dealkylation sites (tertiary alicyclic amines) is 1. The summed E-state index contributed by atoms with van der Waals surface area (Å²) in [5.74, 6) is -0.960. The standard InChI is InChI=1S/C16H22ClNO4/c1-2-22-16-6-5-10(11(19)9-16)12-13(16)15(21)18(14(12)20)8-4-3-7-17/h10,12-13H,2-9H2,1H3/t10-,12-,13+,16-/m1/s1. The molecule has 3 saturated carbocycles. The van der Waals surface area contributed by atoms with Crippen molar-refractivity contribution in [3.8, 4) is 0 Å². The van der Waals surface area contributed by atoms with Crippen molar-refractivity contribution in [1.29, 1.82) is 0 Å². The Labute approximate surface area is 135 Å². The first-order chi connectivity index (χ1) is 10.6. The molecule has 0 aromatic heterocycles. The van der Waals surface area contributed by atoms with Crippen molar-refractivity contribution in [1.82, 2.24) is 4.90 Å². The zero-order valence-electron chi connectivity index (χ0n) is 12.8. The lowest BCUT2D eigenvalue weighted by atomic mass is 9.56. The second kappa shape index (κ2) is 5.93. The van der Waals surface area contributed by atoms with Crippen LogP contribution in [-0.4, -0.2) is 47.1 Å². The van der Waals surface area contributed by atoms with Crippen LogP contribution in [0.3, 0.4) is 0 Å². The fraction of sp³-hybridized carbons (Fsp3) is 0.812. The Morgan fingerprint density at radius 1 is 1.27 bits per heavy atom. The first kappa shape index (κ1) is 15.9. The lowest BCUT2D eigenvalue weighted by Gasteiger charge is -2.50. The van der Waals surface area contributed by atoms with E-state index in [1.807, 2.05) is 6.92 Å². The summed E-state index contributed by atoms with van der Waals surface area (Å²) in [5, 5.41) is 0. The molecule has 5 nitrogen and oxygen atoms in total. The lowest BCUT2D eigenvalue weighted by Crippen LogP contribution is -2.59. The topological polar surface area (TPSA) is 63.7 Å². The second-order valence-corrected chi connectivity index (χ2v) is 6.89. The predicted octanol–water partition coefficient (Wildman–Crippen LogP) is 1.76. The van der Waals surface area contributed by atoms with Crippen LogP contribution in [0, 0.1) is 17.8 Å². The summed E-state index contributed by atoms with van der Waals surface area (Å²) in [6.45, 7) is 2.73. The molecule has 1 heterocycles. The SMILES string of the molecule is CCO[C@]12CC[C@H](C(=O)C1)[C@H]1C(=O)N(CCCCCl)C(=O)[C@H]12. The Bertz CT molecular complexity index is 504. The maximum absolute atomic E-state index is 12.8. The van der Waals surface area contributed by atoms with Gasteiger partial charge in [0.2, 0.25) is 11.8 Å². The Hall–Kier alpha value is -0.940. The first-order valence-electron chi connectivity index (χ1n) is 8.13. The van der Waals surface area contributed by atoms with E-state index < -0.39 is 17.4 Å². The summed E-state index contributed by atoms with van der Waals surface area (Å²) in [6.07, 6.45) is 3.12. The van der Waals surface area contributed by atoms with Crippen LogP contribution < -0.4 is 0 Å². The van der Waals surface area contributed by atoms with Gasteiger partial charge >= 0.3 is 0 Å². The number of alkyl halides is 1. The number of hydrogen-bond acceptors (Lipinski definition) is 4. The van der Waals surface area contributed by atoms with E-state index in [1.165, 1.54) is 4.90 Å². The first-order valence-corrected chi connectivity index (χ1v) is 8.67. The number of carbonyl (C=O) groups excluding carboxylic acids is 3. The molecule has 0 aromatic carbocycles. The highest BCUT2D eigenvalue weighted by Gasteiger charge is 2.67. The van der Waals surface area contributed by atoms with Crippen LogP contribution in [0.5, 0.6) is 0 Å². The van der Waals surface area contributed by atoms with Gasteiger partial charge in [-0.1, -0.05) is 0 Å². The number of ketones is 1. The normalized spacial score (nSPS) is 37.1. The highest BCUT2D eigenvalue weighted by Crippen LogP contribution is 2.55. The van der Waals surface area contributed by atoms with Crippen LogP contribution in [0.2, 0.25) is 0 Å². The molecule has 22 heavy (non-hydrogen) atoms. The van der Waals surface area contributed by atoms with Crippen LogP contribution in [0.25, 0.3) is 0 Å². The molecule has 4 fully saturated rings. The number of unbranched alkanes of at least 4 members (excludes halogenated alkanes) is 1. The van der Waals surface area contributed by atoms with Crippen molar-refractivity contribution in [3.63, 3.8) is 0 Å². The van der Waals surface area contributed by atoms with Gasteiger partial charge in [0, 0.05) is 31.4 Å². The quantitative estimate of drug-likeness (QED) is 0.424. The van der Waals surface area contributed by atoms with Crippen LogP contribution in [-0.2, 0) is 19.1 Å². The van der Waals surface area contributed by atoms with Gasteiger partial charge in [0.05, 0.1) is 17.4 Å². The molecule has 2 amide bonds. The van der Waals surface area contributed by atoms with Crippen molar-refractivity contribution in [2.75, 3.05) is 19.0 Å². The Kier molecular flexibility index (Phi) is 4.29. The number of halogens is 1. The molecule has 122 valence electrons. The van der Waals surface area contributed by atoms with Crippen molar-refractivity contribution in [3.05, 3.63) is 0 Å². The molecule has 1 aliphatic heterocycles. The average Bonchev–Trinajstić information content (AvgIpc) is 2.74. The van der Waals surface area contributed by atoms with E-state index in [1.54, 1.807) is 0 Å². The van der Waals surface area contributed by atoms with Gasteiger partial charge in [-0.05, 0) is 32.6 Å². The predicted molar refractivity (Wildman–Crippen MR) is 80.4 cm³/mol. The highest BCUT2D eigenvalue weighted by molar-refractivity contribution is 6.17. The lowest BCUT2D eigenvalue weighted by molar-refractivity contribution is -0.180. The van der Waals surface area contributed by atoms with Crippen LogP contribution >= 0.6 is 11.6 Å². The largest absolute Gasteiger partial charge is 0.374 e. The van der Waals surface area contributed by atoms with Crippen molar-refractivity contribution in [2.24, 2.45) is 17.8 Å². The van der Waals surface area contributed by atoms with Gasteiger partial charge in [-0.15, -0.1) is 11.6 Å². The molecule has 2 bridgehead atoms. The number of Topliss-reactive ketones (excluding diaryl/α,β-unsaturated/α-hetero) is 1. The molecule has 0 unspecified atom stereocenters. The van der Waals surface area contributed by atoms with Gasteiger partial charge in [0.1, 0.15) is 5.78 Å². The van der Waals surface area contributed by atoms with Gasteiger partial charge in [0.15, 0.2) is 0 Å². The number of rotatable bonds is 6. The number of imide groups is 1. The van der Waals surface area contributed by atoms with Gasteiger partial charge in [-0.2, -0.15) is 0 Å². The van der Waals surface area contributed by atoms with E-state index in [0.717, 1.165) is 6.42 Å². The number of ether oxygens (including phenoxy) is 1. The molecule has 4 rings (SSSR count). The Morgan fingerprint density at radius 3 is 2.68 bits per heavy atom. The van der Waals surface area contributed by atoms with E-state index in [9.17, 15) is 14.4 Å². The molecular formula is C16H22ClNO4. The zero-order chi connectivity index (χ0) is 15.9. The molecule has 4 aliphatic rings. The monoisotopic (exact) mass is 327 g/mol. The van der Waals surface area contributed by atoms with E-state index >= 15 is 0 Å². The van der Waals surface area contributed by atoms with Crippen molar-refractivity contribution in [2.45, 2.75) is 44.6 Å². The highest BCUT2D eigenvalue weighted by atomic mass is 35.5. The number of nitrogens with zero attached hydrogens (tertiary/aromatic N) is 1. The minimum Gasteiger partial charge on any atom is -0.374 e. The third kappa shape index (κ3) is 2.21. The fourth-order valence-corrected chi connectivity index (χ4v) is 4.70. The van der Waals surface area contributed by atoms with Crippen LogP contribution in [0.1, 0.15) is 39.0 Å². The van der Waals surface area contributed by atoms with Crippen molar-refractivity contribution >= 4 is 29.2 Å². The summed E-state index contributed by atoms with van der Waals surface area (Å²) in [6, 6.07) is 0. The minimum absolute atomic E-state index is 0.0877. The van der Waals surface area contributed by atoms with Gasteiger partial charge < -0.3 is 4.74 Å². The maximum Gasteiger partial charge on any atom is 0.236 e. The molecule has 0 radical (unpaired) electrons. The summed E-state index contributed by atoms with van der Waals surface area (Å²) >= 11 is 5.67. The summed E-state index contributed by atoms with van der Waals surface area (Å²) < 4.78 is 5.89. The molecule has 0 spiro atoms. The smallest absolute Gasteiger partial charge is 0.236 e. The third-order valence-electron chi connectivity index (χ3n) is 5.41. The molecule has 4 atom stereocenters. The van der Waals surface area contributed by atoms with E-state index in [-0.39, 0.29) is 29.9 Å². The van der Waals surface area contributed by atoms with E-state index in [2.05, 4.69) is 0 Å². The second-order valence-electron chi connectivity index (χ2n) is 6.51. The van der Waals surface area contributed by atoms with E-state index in [4.69, 9.17) is 16.3 Å². The number of amides is 2. The molecule has 3 aliphatic carbocycles. The minimum atomic E-state index is -0.751. The fourth-order valence-electron chi connectivity index (χ4n) is 4.52. The average molecular weight is 328 g/mol. The molecule has 0 N–H and O–H groups in total. The molecule has 1 saturated heterocycles. The number of fused-ring (bicyclic) bond motifs is 2. The number of hydrogen-bond donors (Lipinski definition) is 0. The van der Waals surface area contributed by atoms with Crippen molar-refractivity contribution < 1.29 is 19.1 Å². The summed E-state index contributed by atoms with van der Waals surface area (Å²) in [5.41, 5.74) is -0.751. The van der Waals surface area contributed by atoms with Gasteiger partial charge in [-0.3, -0.25) is 19.3 Å². The van der Waals surface area contributed by atoms with E-state index in [0.29, 0.717) is 38.3 Å². The summed E-state index contributed by atoms with van der Waals surface area (Å²) in [7, 11) is 0. The Balaban J connectivity index is 1.89. The molecule has 0 aromatic rings. The van der Waals surface area contributed by atoms with Crippen LogP contribution in [0.15, 0.2) is 0 Å². The third-order valence-corrected chi connectivity index (χ3v) is 5.67. The van der Waals surface area contributed by atoms with Crippen LogP contribution in [0.4, 0.5) is 0 Å². The van der Waals surface area contributed by atoms with Gasteiger partial charge in [-0.25, -0.2) is 0 Å². The Morgan fingerprint density at radius 2 is 2.05 bits per heavy atom. The molecule has 6 heteroatoms. The zero-order valence-corrected chi connectivity index (χ0v) is 13.6. The molecular weight excluding hydrogens is 306 g/mol. The van der Waals surface area contributed by atoms with Gasteiger partial charge in [0.25, 0.3) is 0 Å². The maximum atomic E-state index is 12.8. The summed E-state index contributed by atoms with van der Waals surface area (Å²) in [4.78, 5) is 39.2. The number of carbonyl (C=O) groups is 3.